The zero-order valence-corrected chi connectivity index (χ0v) is 14.2. The van der Waals surface area contributed by atoms with Gasteiger partial charge in [0.1, 0.15) is 5.82 Å². The minimum Gasteiger partial charge on any atom is -0.354 e. The molecule has 1 aromatic carbocycles. The minimum absolute atomic E-state index is 0.00669. The highest BCUT2D eigenvalue weighted by atomic mass is 19.1. The van der Waals surface area contributed by atoms with Crippen LogP contribution in [0.2, 0.25) is 0 Å². The van der Waals surface area contributed by atoms with Gasteiger partial charge in [-0.15, -0.1) is 0 Å². The molecule has 3 rings (SSSR count). The average Bonchev–Trinajstić information content (AvgIpc) is 3.05. The Balaban J connectivity index is 1.64. The number of nitrogens with one attached hydrogen (secondary N) is 2. The summed E-state index contributed by atoms with van der Waals surface area (Å²) in [5.41, 5.74) is 0.819. The quantitative estimate of drug-likeness (QED) is 0.777. The number of allylic oxidation sites excluding steroid dienone is 2. The zero-order valence-electron chi connectivity index (χ0n) is 14.2. The van der Waals surface area contributed by atoms with Crippen molar-refractivity contribution in [2.45, 2.75) is 31.7 Å². The van der Waals surface area contributed by atoms with E-state index in [4.69, 9.17) is 0 Å². The molecule has 2 atom stereocenters. The summed E-state index contributed by atoms with van der Waals surface area (Å²) in [6.45, 7) is 1.57. The third-order valence-corrected chi connectivity index (χ3v) is 4.84. The second-order valence-electron chi connectivity index (χ2n) is 6.64. The molecule has 1 aliphatic heterocycles. The first-order valence-electron chi connectivity index (χ1n) is 8.85. The Kier molecular flexibility index (Phi) is 5.68. The van der Waals surface area contributed by atoms with Gasteiger partial charge < -0.3 is 15.5 Å². The van der Waals surface area contributed by atoms with Crippen LogP contribution >= 0.6 is 0 Å². The standard InChI is InChI=1S/C19H24FN3O2/c20-16-8-4-5-14(11-16)12-17(23-10-9-21-19(23)25)13-22-18(24)15-6-2-1-3-7-15/h1-2,4-5,8,11,15,17H,3,6-7,9-10,12-13H2,(H,21,25)(H,22,24)/t15-,17+/m1/s1. The molecule has 0 unspecified atom stereocenters. The monoisotopic (exact) mass is 345 g/mol. The van der Waals surface area contributed by atoms with Crippen molar-refractivity contribution in [1.82, 2.24) is 15.5 Å². The number of carbonyl (C=O) groups excluding carboxylic acids is 2. The van der Waals surface area contributed by atoms with Gasteiger partial charge in [-0.3, -0.25) is 4.79 Å². The number of rotatable bonds is 6. The Hall–Kier alpha value is -2.37. The number of amides is 3. The van der Waals surface area contributed by atoms with Gasteiger partial charge in [-0.25, -0.2) is 9.18 Å². The fourth-order valence-electron chi connectivity index (χ4n) is 3.46. The Morgan fingerprint density at radius 3 is 2.96 bits per heavy atom. The van der Waals surface area contributed by atoms with E-state index in [0.717, 1.165) is 24.8 Å². The largest absolute Gasteiger partial charge is 0.354 e. The van der Waals surface area contributed by atoms with Gasteiger partial charge >= 0.3 is 6.03 Å². The summed E-state index contributed by atoms with van der Waals surface area (Å²) in [4.78, 5) is 26.1. The van der Waals surface area contributed by atoms with Gasteiger partial charge in [0.15, 0.2) is 0 Å². The molecule has 2 aliphatic rings. The summed E-state index contributed by atoms with van der Waals surface area (Å²) in [5, 5.41) is 5.79. The number of nitrogens with zero attached hydrogens (tertiary/aromatic N) is 1. The summed E-state index contributed by atoms with van der Waals surface area (Å²) in [7, 11) is 0. The molecule has 3 amide bonds. The minimum atomic E-state index is -0.292. The lowest BCUT2D eigenvalue weighted by molar-refractivity contribution is -0.125. The Labute approximate surface area is 147 Å². The number of benzene rings is 1. The number of halogens is 1. The third kappa shape index (κ3) is 4.59. The molecular weight excluding hydrogens is 321 g/mol. The molecular formula is C19H24FN3O2. The van der Waals surface area contributed by atoms with Crippen molar-refractivity contribution in [1.29, 1.82) is 0 Å². The predicted molar refractivity (Wildman–Crippen MR) is 93.5 cm³/mol. The zero-order chi connectivity index (χ0) is 17.6. The molecule has 134 valence electrons. The smallest absolute Gasteiger partial charge is 0.317 e. The average molecular weight is 345 g/mol. The molecule has 1 aliphatic carbocycles. The molecule has 0 radical (unpaired) electrons. The highest BCUT2D eigenvalue weighted by Crippen LogP contribution is 2.18. The van der Waals surface area contributed by atoms with Crippen LogP contribution < -0.4 is 10.6 Å². The van der Waals surface area contributed by atoms with Gasteiger partial charge in [-0.2, -0.15) is 0 Å². The van der Waals surface area contributed by atoms with Gasteiger partial charge in [-0.1, -0.05) is 24.3 Å². The number of carbonyl (C=O) groups is 2. The molecule has 6 heteroatoms. The lowest BCUT2D eigenvalue weighted by atomic mass is 9.93. The predicted octanol–water partition coefficient (Wildman–Crippen LogP) is 2.23. The van der Waals surface area contributed by atoms with Crippen LogP contribution in [-0.4, -0.2) is 42.5 Å². The number of urea groups is 1. The van der Waals surface area contributed by atoms with E-state index in [1.54, 1.807) is 11.0 Å². The van der Waals surface area contributed by atoms with Crippen LogP contribution in [0.5, 0.6) is 0 Å². The highest BCUT2D eigenvalue weighted by Gasteiger charge is 2.29. The summed E-state index contributed by atoms with van der Waals surface area (Å²) >= 11 is 0. The van der Waals surface area contributed by atoms with Crippen LogP contribution in [0.4, 0.5) is 9.18 Å². The second kappa shape index (κ2) is 8.14. The molecule has 0 spiro atoms. The fourth-order valence-corrected chi connectivity index (χ4v) is 3.46. The summed E-state index contributed by atoms with van der Waals surface area (Å²) in [6.07, 6.45) is 7.22. The van der Waals surface area contributed by atoms with Crippen molar-refractivity contribution in [2.75, 3.05) is 19.6 Å². The summed E-state index contributed by atoms with van der Waals surface area (Å²) < 4.78 is 13.5. The number of hydrogen-bond acceptors (Lipinski definition) is 2. The molecule has 25 heavy (non-hydrogen) atoms. The third-order valence-electron chi connectivity index (χ3n) is 4.84. The molecule has 0 aromatic heterocycles. The van der Waals surface area contributed by atoms with Crippen molar-refractivity contribution in [2.24, 2.45) is 5.92 Å². The molecule has 1 fully saturated rings. The van der Waals surface area contributed by atoms with Crippen LogP contribution in [0.1, 0.15) is 24.8 Å². The van der Waals surface area contributed by atoms with Crippen molar-refractivity contribution in [3.8, 4) is 0 Å². The normalized spacial score (nSPS) is 21.1. The molecule has 0 bridgehead atoms. The number of hydrogen-bond donors (Lipinski definition) is 2. The SMILES string of the molecule is O=C(NC[C@H](Cc1cccc(F)c1)N1CCNC1=O)[C@@H]1CC=CCC1. The molecule has 1 saturated heterocycles. The fraction of sp³-hybridized carbons (Fsp3) is 0.474. The maximum Gasteiger partial charge on any atom is 0.317 e. The van der Waals surface area contributed by atoms with E-state index in [-0.39, 0.29) is 29.7 Å². The van der Waals surface area contributed by atoms with Gasteiger partial charge in [0.25, 0.3) is 0 Å². The molecule has 1 aromatic rings. The Morgan fingerprint density at radius 2 is 2.28 bits per heavy atom. The molecule has 1 heterocycles. The van der Waals surface area contributed by atoms with Crippen LogP contribution in [0.3, 0.4) is 0 Å². The van der Waals surface area contributed by atoms with Crippen LogP contribution in [0, 0.1) is 11.7 Å². The first-order valence-corrected chi connectivity index (χ1v) is 8.85. The summed E-state index contributed by atoms with van der Waals surface area (Å²) in [6, 6.07) is 6.08. The maximum absolute atomic E-state index is 13.5. The van der Waals surface area contributed by atoms with E-state index in [2.05, 4.69) is 16.7 Å². The Bertz CT molecular complexity index is 662. The lowest BCUT2D eigenvalue weighted by Gasteiger charge is -2.28. The van der Waals surface area contributed by atoms with Gasteiger partial charge in [0, 0.05) is 25.6 Å². The first kappa shape index (κ1) is 17.5. The van der Waals surface area contributed by atoms with E-state index >= 15 is 0 Å². The summed E-state index contributed by atoms with van der Waals surface area (Å²) in [5.74, 6) is -0.249. The lowest BCUT2D eigenvalue weighted by Crippen LogP contribution is -2.47. The van der Waals surface area contributed by atoms with Crippen LogP contribution in [0.25, 0.3) is 0 Å². The van der Waals surface area contributed by atoms with Gasteiger partial charge in [0.05, 0.1) is 6.04 Å². The van der Waals surface area contributed by atoms with E-state index < -0.39 is 0 Å². The molecule has 5 nitrogen and oxygen atoms in total. The second-order valence-corrected chi connectivity index (χ2v) is 6.64. The first-order chi connectivity index (χ1) is 12.1. The highest BCUT2D eigenvalue weighted by molar-refractivity contribution is 5.79. The van der Waals surface area contributed by atoms with Gasteiger partial charge in [0.2, 0.25) is 5.91 Å². The van der Waals surface area contributed by atoms with Crippen molar-refractivity contribution in [3.63, 3.8) is 0 Å². The van der Waals surface area contributed by atoms with E-state index in [0.29, 0.717) is 26.1 Å². The topological polar surface area (TPSA) is 61.4 Å². The van der Waals surface area contributed by atoms with Gasteiger partial charge in [-0.05, 0) is 43.4 Å². The molecule has 0 saturated carbocycles. The van der Waals surface area contributed by atoms with E-state index in [1.165, 1.54) is 12.1 Å². The van der Waals surface area contributed by atoms with Crippen LogP contribution in [0.15, 0.2) is 36.4 Å². The van der Waals surface area contributed by atoms with E-state index in [9.17, 15) is 14.0 Å². The van der Waals surface area contributed by atoms with E-state index in [1.807, 2.05) is 12.1 Å². The van der Waals surface area contributed by atoms with Crippen molar-refractivity contribution < 1.29 is 14.0 Å². The van der Waals surface area contributed by atoms with Crippen molar-refractivity contribution in [3.05, 3.63) is 47.8 Å². The maximum atomic E-state index is 13.5. The Morgan fingerprint density at radius 1 is 1.40 bits per heavy atom. The molecule has 2 N–H and O–H groups in total. The van der Waals surface area contributed by atoms with Crippen LogP contribution in [-0.2, 0) is 11.2 Å². The van der Waals surface area contributed by atoms with Crippen molar-refractivity contribution >= 4 is 11.9 Å².